The van der Waals surface area contributed by atoms with Crippen molar-refractivity contribution in [3.05, 3.63) is 35.3 Å². The second-order valence-corrected chi connectivity index (χ2v) is 7.99. The predicted octanol–water partition coefficient (Wildman–Crippen LogP) is 3.86. The van der Waals surface area contributed by atoms with E-state index >= 15 is 0 Å². The quantitative estimate of drug-likeness (QED) is 0.603. The minimum atomic E-state index is -0.326. The van der Waals surface area contributed by atoms with E-state index in [9.17, 15) is 4.79 Å². The van der Waals surface area contributed by atoms with E-state index in [-0.39, 0.29) is 11.2 Å². The number of nitrogens with one attached hydrogen (secondary N) is 1. The zero-order valence-electron chi connectivity index (χ0n) is 15.6. The fraction of sp³-hybridized carbons (Fsp3) is 0.333. The summed E-state index contributed by atoms with van der Waals surface area (Å²) in [5.74, 6) is 1.45. The highest BCUT2D eigenvalue weighted by Gasteiger charge is 2.21. The average molecular weight is 404 g/mol. The first kappa shape index (κ1) is 19.4. The van der Waals surface area contributed by atoms with Gasteiger partial charge in [-0.1, -0.05) is 11.8 Å². The summed E-state index contributed by atoms with van der Waals surface area (Å²) in [6.45, 7) is 6.48. The Labute approximate surface area is 166 Å². The van der Waals surface area contributed by atoms with Gasteiger partial charge in [-0.3, -0.25) is 4.79 Å². The number of hydrogen-bond acceptors (Lipinski definition) is 7. The molecule has 0 bridgehead atoms. The lowest BCUT2D eigenvalue weighted by molar-refractivity contribution is -0.115. The highest BCUT2D eigenvalue weighted by molar-refractivity contribution is 8.00. The van der Waals surface area contributed by atoms with Crippen LogP contribution in [-0.2, 0) is 11.3 Å². The lowest BCUT2D eigenvalue weighted by Gasteiger charge is -2.12. The van der Waals surface area contributed by atoms with E-state index in [2.05, 4.69) is 20.5 Å². The molecule has 0 saturated heterocycles. The molecule has 0 fully saturated rings. The zero-order valence-corrected chi connectivity index (χ0v) is 17.2. The third kappa shape index (κ3) is 4.48. The van der Waals surface area contributed by atoms with Crippen LogP contribution in [0, 0.1) is 6.92 Å². The molecular formula is C18H21N5O2S2. The fourth-order valence-electron chi connectivity index (χ4n) is 2.44. The molecule has 9 heteroatoms. The molecule has 0 aliphatic rings. The summed E-state index contributed by atoms with van der Waals surface area (Å²) >= 11 is 2.80. The molecular weight excluding hydrogens is 382 g/mol. The Hall–Kier alpha value is -2.39. The van der Waals surface area contributed by atoms with E-state index in [4.69, 9.17) is 4.74 Å². The minimum absolute atomic E-state index is 0.106. The maximum Gasteiger partial charge on any atom is 0.239 e. The standard InChI is InChI=1S/C18H21N5O2S2/c1-5-23-15(13-6-8-14(25-4)9-7-13)21-22-18(23)27-12(3)16(24)20-17-19-11(2)10-26-17/h6-10,12H,5H2,1-4H3,(H,19,20,24)/t12-/m0/s1. The molecule has 1 amide bonds. The van der Waals surface area contributed by atoms with E-state index in [1.54, 1.807) is 7.11 Å². The Bertz CT molecular complexity index is 920. The molecule has 0 radical (unpaired) electrons. The monoisotopic (exact) mass is 403 g/mol. The van der Waals surface area contributed by atoms with Crippen LogP contribution in [0.4, 0.5) is 5.13 Å². The van der Waals surface area contributed by atoms with Crippen LogP contribution >= 0.6 is 23.1 Å². The van der Waals surface area contributed by atoms with E-state index in [1.807, 2.05) is 55.0 Å². The molecule has 2 heterocycles. The third-order valence-electron chi connectivity index (χ3n) is 3.88. The summed E-state index contributed by atoms with van der Waals surface area (Å²) in [6.07, 6.45) is 0. The fourth-order valence-corrected chi connectivity index (χ4v) is 4.05. The van der Waals surface area contributed by atoms with Gasteiger partial charge < -0.3 is 14.6 Å². The summed E-state index contributed by atoms with van der Waals surface area (Å²) in [6, 6.07) is 7.68. The van der Waals surface area contributed by atoms with Crippen LogP contribution in [0.15, 0.2) is 34.8 Å². The molecule has 0 spiro atoms. The maximum absolute atomic E-state index is 12.4. The number of thiazole rings is 1. The number of carbonyl (C=O) groups is 1. The third-order valence-corrected chi connectivity index (χ3v) is 5.84. The number of carbonyl (C=O) groups excluding carboxylic acids is 1. The normalized spacial score (nSPS) is 12.0. The Morgan fingerprint density at radius 2 is 2.07 bits per heavy atom. The second-order valence-electron chi connectivity index (χ2n) is 5.82. The number of ether oxygens (including phenoxy) is 1. The molecule has 1 atom stereocenters. The van der Waals surface area contributed by atoms with Crippen LogP contribution in [0.1, 0.15) is 19.5 Å². The van der Waals surface area contributed by atoms with Crippen LogP contribution in [0.3, 0.4) is 0 Å². The van der Waals surface area contributed by atoms with Gasteiger partial charge in [0, 0.05) is 17.5 Å². The number of rotatable bonds is 7. The van der Waals surface area contributed by atoms with Crippen LogP contribution in [0.25, 0.3) is 11.4 Å². The predicted molar refractivity (Wildman–Crippen MR) is 108 cm³/mol. The molecule has 0 unspecified atom stereocenters. The van der Waals surface area contributed by atoms with Crippen molar-refractivity contribution in [2.45, 2.75) is 37.7 Å². The number of aryl methyl sites for hydroxylation is 1. The lowest BCUT2D eigenvalue weighted by atomic mass is 10.2. The average Bonchev–Trinajstić information content (AvgIpc) is 3.27. The molecule has 0 aliphatic carbocycles. The number of anilines is 1. The number of aromatic nitrogens is 4. The number of hydrogen-bond donors (Lipinski definition) is 1. The Morgan fingerprint density at radius 3 is 2.67 bits per heavy atom. The summed E-state index contributed by atoms with van der Waals surface area (Å²) in [7, 11) is 1.64. The van der Waals surface area contributed by atoms with Crippen molar-refractivity contribution in [1.29, 1.82) is 0 Å². The summed E-state index contributed by atoms with van der Waals surface area (Å²) in [4.78, 5) is 16.7. The van der Waals surface area contributed by atoms with Gasteiger partial charge in [0.1, 0.15) is 5.75 Å². The molecule has 1 N–H and O–H groups in total. The minimum Gasteiger partial charge on any atom is -0.497 e. The largest absolute Gasteiger partial charge is 0.497 e. The van der Waals surface area contributed by atoms with Crippen molar-refractivity contribution in [2.75, 3.05) is 12.4 Å². The zero-order chi connectivity index (χ0) is 19.4. The van der Waals surface area contributed by atoms with Crippen molar-refractivity contribution in [3.8, 4) is 17.1 Å². The molecule has 1 aromatic carbocycles. The first-order valence-corrected chi connectivity index (χ1v) is 10.2. The van der Waals surface area contributed by atoms with Crippen molar-refractivity contribution in [3.63, 3.8) is 0 Å². The molecule has 2 aromatic heterocycles. The summed E-state index contributed by atoms with van der Waals surface area (Å²) < 4.78 is 7.20. The van der Waals surface area contributed by atoms with Gasteiger partial charge in [0.25, 0.3) is 0 Å². The van der Waals surface area contributed by atoms with E-state index in [1.165, 1.54) is 23.1 Å². The van der Waals surface area contributed by atoms with Crippen molar-refractivity contribution >= 4 is 34.1 Å². The van der Waals surface area contributed by atoms with Crippen LogP contribution in [0.2, 0.25) is 0 Å². The molecule has 27 heavy (non-hydrogen) atoms. The maximum atomic E-state index is 12.4. The van der Waals surface area contributed by atoms with Gasteiger partial charge in [-0.05, 0) is 45.0 Å². The highest BCUT2D eigenvalue weighted by atomic mass is 32.2. The first-order chi connectivity index (χ1) is 13.0. The second kappa shape index (κ2) is 8.53. The van der Waals surface area contributed by atoms with Crippen LogP contribution in [0.5, 0.6) is 5.75 Å². The van der Waals surface area contributed by atoms with Gasteiger partial charge in [0.05, 0.1) is 18.1 Å². The van der Waals surface area contributed by atoms with Crippen LogP contribution in [-0.4, -0.2) is 38.0 Å². The SMILES string of the molecule is CCn1c(S[C@@H](C)C(=O)Nc2nc(C)cs2)nnc1-c1ccc(OC)cc1. The smallest absolute Gasteiger partial charge is 0.239 e. The number of amides is 1. The van der Waals surface area contributed by atoms with E-state index in [0.717, 1.165) is 22.8 Å². The van der Waals surface area contributed by atoms with Crippen molar-refractivity contribution in [1.82, 2.24) is 19.7 Å². The van der Waals surface area contributed by atoms with Gasteiger partial charge in [-0.15, -0.1) is 21.5 Å². The molecule has 0 saturated carbocycles. The summed E-state index contributed by atoms with van der Waals surface area (Å²) in [5, 5.41) is 14.4. The van der Waals surface area contributed by atoms with Gasteiger partial charge >= 0.3 is 0 Å². The Morgan fingerprint density at radius 1 is 1.33 bits per heavy atom. The summed E-state index contributed by atoms with van der Waals surface area (Å²) in [5.41, 5.74) is 1.85. The molecule has 7 nitrogen and oxygen atoms in total. The Kier molecular flexibility index (Phi) is 6.12. The van der Waals surface area contributed by atoms with Crippen LogP contribution < -0.4 is 10.1 Å². The molecule has 0 aliphatic heterocycles. The topological polar surface area (TPSA) is 81.9 Å². The van der Waals surface area contributed by atoms with E-state index < -0.39 is 0 Å². The van der Waals surface area contributed by atoms with E-state index in [0.29, 0.717) is 16.8 Å². The number of methoxy groups -OCH3 is 1. The molecule has 3 rings (SSSR count). The number of thioether (sulfide) groups is 1. The molecule has 3 aromatic rings. The number of nitrogens with zero attached hydrogens (tertiary/aromatic N) is 4. The highest BCUT2D eigenvalue weighted by Crippen LogP contribution is 2.28. The van der Waals surface area contributed by atoms with Crippen molar-refractivity contribution in [2.24, 2.45) is 0 Å². The Balaban J connectivity index is 1.74. The van der Waals surface area contributed by atoms with Gasteiger partial charge in [0.2, 0.25) is 5.91 Å². The van der Waals surface area contributed by atoms with Crippen molar-refractivity contribution < 1.29 is 9.53 Å². The lowest BCUT2D eigenvalue weighted by Crippen LogP contribution is -2.22. The first-order valence-electron chi connectivity index (χ1n) is 8.49. The number of benzene rings is 1. The molecule has 142 valence electrons. The van der Waals surface area contributed by atoms with Gasteiger partial charge in [0.15, 0.2) is 16.1 Å². The van der Waals surface area contributed by atoms with Gasteiger partial charge in [-0.25, -0.2) is 4.98 Å². The van der Waals surface area contributed by atoms with Gasteiger partial charge in [-0.2, -0.15) is 0 Å².